The molecule has 1 saturated heterocycles. The van der Waals surface area contributed by atoms with Gasteiger partial charge in [-0.3, -0.25) is 14.9 Å². The number of piperazine rings is 1. The molecule has 0 N–H and O–H groups in total. The lowest BCUT2D eigenvalue weighted by molar-refractivity contribution is -0.384. The smallest absolute Gasteiger partial charge is 0.273 e. The standard InChI is InChI=1S/C13H17N3O4/c1-10(17)14-5-7-15(8-6-14)12-4-3-11(16(18)19)9-13(12)20-2/h3-4,9H,5-8H2,1-2H3. The molecule has 1 aromatic carbocycles. The Morgan fingerprint density at radius 1 is 1.30 bits per heavy atom. The third kappa shape index (κ3) is 2.81. The maximum atomic E-state index is 11.3. The second-order valence-electron chi connectivity index (χ2n) is 4.61. The molecule has 7 nitrogen and oxygen atoms in total. The molecule has 1 aromatic rings. The molecule has 20 heavy (non-hydrogen) atoms. The Morgan fingerprint density at radius 3 is 2.45 bits per heavy atom. The number of nitro groups is 1. The lowest BCUT2D eigenvalue weighted by Gasteiger charge is -2.36. The molecule has 108 valence electrons. The van der Waals surface area contributed by atoms with Crippen molar-refractivity contribution in [2.45, 2.75) is 6.92 Å². The van der Waals surface area contributed by atoms with E-state index in [0.29, 0.717) is 31.9 Å². The first-order chi connectivity index (χ1) is 9.52. The summed E-state index contributed by atoms with van der Waals surface area (Å²) < 4.78 is 5.24. The Bertz CT molecular complexity index is 524. The lowest BCUT2D eigenvalue weighted by Crippen LogP contribution is -2.48. The van der Waals surface area contributed by atoms with Gasteiger partial charge < -0.3 is 14.5 Å². The summed E-state index contributed by atoms with van der Waals surface area (Å²) in [4.78, 5) is 25.5. The Labute approximate surface area is 116 Å². The van der Waals surface area contributed by atoms with E-state index in [9.17, 15) is 14.9 Å². The van der Waals surface area contributed by atoms with Gasteiger partial charge in [-0.25, -0.2) is 0 Å². The van der Waals surface area contributed by atoms with Crippen molar-refractivity contribution in [3.8, 4) is 5.75 Å². The van der Waals surface area contributed by atoms with Crippen LogP contribution in [-0.4, -0.2) is 49.0 Å². The quantitative estimate of drug-likeness (QED) is 0.615. The summed E-state index contributed by atoms with van der Waals surface area (Å²) in [5.74, 6) is 0.552. The molecule has 1 aliphatic rings. The van der Waals surface area contributed by atoms with Crippen LogP contribution in [0.5, 0.6) is 5.75 Å². The third-order valence-corrected chi connectivity index (χ3v) is 3.44. The molecule has 1 amide bonds. The Morgan fingerprint density at radius 2 is 1.95 bits per heavy atom. The van der Waals surface area contributed by atoms with Crippen LogP contribution in [0.2, 0.25) is 0 Å². The zero-order chi connectivity index (χ0) is 14.7. The predicted molar refractivity (Wildman–Crippen MR) is 74.1 cm³/mol. The zero-order valence-corrected chi connectivity index (χ0v) is 11.5. The van der Waals surface area contributed by atoms with E-state index >= 15 is 0 Å². The van der Waals surface area contributed by atoms with Crippen molar-refractivity contribution in [2.24, 2.45) is 0 Å². The maximum absolute atomic E-state index is 11.3. The summed E-state index contributed by atoms with van der Waals surface area (Å²) in [6, 6.07) is 4.59. The van der Waals surface area contributed by atoms with Gasteiger partial charge in [-0.1, -0.05) is 0 Å². The molecule has 0 radical (unpaired) electrons. The summed E-state index contributed by atoms with van der Waals surface area (Å²) in [6.45, 7) is 4.23. The average Bonchev–Trinajstić information content (AvgIpc) is 2.46. The van der Waals surface area contributed by atoms with Crippen LogP contribution in [-0.2, 0) is 4.79 Å². The van der Waals surface area contributed by atoms with Crippen molar-refractivity contribution in [3.05, 3.63) is 28.3 Å². The number of benzene rings is 1. The number of hydrogen-bond acceptors (Lipinski definition) is 5. The minimum absolute atomic E-state index is 0.00738. The van der Waals surface area contributed by atoms with E-state index in [0.717, 1.165) is 5.69 Å². The summed E-state index contributed by atoms with van der Waals surface area (Å²) >= 11 is 0. The summed E-state index contributed by atoms with van der Waals surface area (Å²) in [6.07, 6.45) is 0. The van der Waals surface area contributed by atoms with Crippen molar-refractivity contribution in [1.29, 1.82) is 0 Å². The van der Waals surface area contributed by atoms with Gasteiger partial charge in [0.1, 0.15) is 5.75 Å². The maximum Gasteiger partial charge on any atom is 0.273 e. The monoisotopic (exact) mass is 279 g/mol. The number of nitro benzene ring substituents is 1. The molecule has 0 bridgehead atoms. The van der Waals surface area contributed by atoms with E-state index in [1.165, 1.54) is 19.2 Å². The number of carbonyl (C=O) groups is 1. The highest BCUT2D eigenvalue weighted by molar-refractivity contribution is 5.73. The van der Waals surface area contributed by atoms with Crippen molar-refractivity contribution in [1.82, 2.24) is 4.90 Å². The van der Waals surface area contributed by atoms with Gasteiger partial charge in [0.2, 0.25) is 5.91 Å². The number of ether oxygens (including phenoxy) is 1. The van der Waals surface area contributed by atoms with Gasteiger partial charge in [-0.2, -0.15) is 0 Å². The van der Waals surface area contributed by atoms with Crippen LogP contribution >= 0.6 is 0 Å². The normalized spacial score (nSPS) is 15.1. The minimum atomic E-state index is -0.444. The van der Waals surface area contributed by atoms with E-state index in [-0.39, 0.29) is 11.6 Å². The lowest BCUT2D eigenvalue weighted by atomic mass is 10.2. The third-order valence-electron chi connectivity index (χ3n) is 3.44. The van der Waals surface area contributed by atoms with E-state index < -0.39 is 4.92 Å². The number of amides is 1. The SMILES string of the molecule is COc1cc([N+](=O)[O-])ccc1N1CCN(C(C)=O)CC1. The van der Waals surface area contributed by atoms with Crippen LogP contribution in [0.15, 0.2) is 18.2 Å². The fourth-order valence-corrected chi connectivity index (χ4v) is 2.30. The highest BCUT2D eigenvalue weighted by Crippen LogP contribution is 2.32. The summed E-state index contributed by atoms with van der Waals surface area (Å²) in [5, 5.41) is 10.8. The summed E-state index contributed by atoms with van der Waals surface area (Å²) in [7, 11) is 1.49. The Hall–Kier alpha value is -2.31. The topological polar surface area (TPSA) is 75.9 Å². The van der Waals surface area contributed by atoms with Gasteiger partial charge in [-0.15, -0.1) is 0 Å². The molecule has 1 fully saturated rings. The van der Waals surface area contributed by atoms with Crippen molar-refractivity contribution < 1.29 is 14.5 Å². The van der Waals surface area contributed by atoms with Gasteiger partial charge in [0, 0.05) is 39.2 Å². The number of hydrogen-bond donors (Lipinski definition) is 0. The van der Waals surface area contributed by atoms with E-state index in [4.69, 9.17) is 4.74 Å². The van der Waals surface area contributed by atoms with Gasteiger partial charge in [0.15, 0.2) is 0 Å². The first-order valence-corrected chi connectivity index (χ1v) is 6.36. The highest BCUT2D eigenvalue weighted by Gasteiger charge is 2.22. The van der Waals surface area contributed by atoms with Gasteiger partial charge in [0.05, 0.1) is 23.8 Å². The molecule has 2 rings (SSSR count). The predicted octanol–water partition coefficient (Wildman–Crippen LogP) is 1.27. The first-order valence-electron chi connectivity index (χ1n) is 6.36. The fourth-order valence-electron chi connectivity index (χ4n) is 2.30. The van der Waals surface area contributed by atoms with Gasteiger partial charge in [-0.05, 0) is 6.07 Å². The van der Waals surface area contributed by atoms with Crippen LogP contribution in [0.3, 0.4) is 0 Å². The van der Waals surface area contributed by atoms with E-state index in [1.54, 1.807) is 17.9 Å². The molecule has 0 spiro atoms. The van der Waals surface area contributed by atoms with E-state index in [2.05, 4.69) is 4.90 Å². The van der Waals surface area contributed by atoms with Crippen LogP contribution in [0.25, 0.3) is 0 Å². The minimum Gasteiger partial charge on any atom is -0.494 e. The molecule has 0 aliphatic carbocycles. The number of anilines is 1. The molecule has 1 aliphatic heterocycles. The van der Waals surface area contributed by atoms with Crippen molar-refractivity contribution in [2.75, 3.05) is 38.2 Å². The number of non-ortho nitro benzene ring substituents is 1. The second kappa shape index (κ2) is 5.77. The number of nitrogens with zero attached hydrogens (tertiary/aromatic N) is 3. The second-order valence-corrected chi connectivity index (χ2v) is 4.61. The molecular weight excluding hydrogens is 262 g/mol. The molecule has 1 heterocycles. The number of rotatable bonds is 3. The molecular formula is C13H17N3O4. The van der Waals surface area contributed by atoms with Crippen LogP contribution in [0.1, 0.15) is 6.92 Å². The van der Waals surface area contributed by atoms with Crippen LogP contribution in [0, 0.1) is 10.1 Å². The van der Waals surface area contributed by atoms with Gasteiger partial charge >= 0.3 is 0 Å². The highest BCUT2D eigenvalue weighted by atomic mass is 16.6. The fraction of sp³-hybridized carbons (Fsp3) is 0.462. The molecule has 7 heteroatoms. The van der Waals surface area contributed by atoms with Crippen molar-refractivity contribution >= 4 is 17.3 Å². The zero-order valence-electron chi connectivity index (χ0n) is 11.5. The average molecular weight is 279 g/mol. The summed E-state index contributed by atoms with van der Waals surface area (Å²) in [5.41, 5.74) is 0.828. The number of carbonyl (C=O) groups excluding carboxylic acids is 1. The molecule has 0 atom stereocenters. The number of methoxy groups -OCH3 is 1. The molecule has 0 saturated carbocycles. The Kier molecular flexibility index (Phi) is 4.07. The van der Waals surface area contributed by atoms with Crippen LogP contribution < -0.4 is 9.64 Å². The Balaban J connectivity index is 2.17. The first kappa shape index (κ1) is 14.1. The van der Waals surface area contributed by atoms with E-state index in [1.807, 2.05) is 0 Å². The van der Waals surface area contributed by atoms with Crippen LogP contribution in [0.4, 0.5) is 11.4 Å². The largest absolute Gasteiger partial charge is 0.494 e. The van der Waals surface area contributed by atoms with Gasteiger partial charge in [0.25, 0.3) is 5.69 Å². The molecule has 0 aromatic heterocycles. The molecule has 0 unspecified atom stereocenters. The van der Waals surface area contributed by atoms with Crippen molar-refractivity contribution in [3.63, 3.8) is 0 Å².